The highest BCUT2D eigenvalue weighted by Gasteiger charge is 2.09. The summed E-state index contributed by atoms with van der Waals surface area (Å²) in [5, 5.41) is 7.16. The molecule has 0 radical (unpaired) electrons. The smallest absolute Gasteiger partial charge is 0.251 e. The minimum absolute atomic E-state index is 0.0252. The first-order valence-electron chi connectivity index (χ1n) is 9.86. The summed E-state index contributed by atoms with van der Waals surface area (Å²) in [6, 6.07) is 21.3. The predicted octanol–water partition coefficient (Wildman–Crippen LogP) is 3.84. The molecule has 2 aromatic heterocycles. The average Bonchev–Trinajstić information content (AvgIpc) is 3.29. The molecule has 0 bridgehead atoms. The lowest BCUT2D eigenvalue weighted by Gasteiger charge is -2.12. The van der Waals surface area contributed by atoms with Crippen LogP contribution in [-0.4, -0.2) is 20.3 Å². The van der Waals surface area contributed by atoms with Crippen molar-refractivity contribution >= 4 is 21.8 Å². The average molecular weight is 477 g/mol. The third-order valence-corrected chi connectivity index (χ3v) is 5.39. The minimum atomic E-state index is -0.218. The summed E-state index contributed by atoms with van der Waals surface area (Å²) in [5.41, 5.74) is 4.11. The van der Waals surface area contributed by atoms with E-state index < -0.39 is 0 Å². The van der Waals surface area contributed by atoms with Crippen LogP contribution < -0.4 is 10.9 Å². The molecule has 0 spiro atoms. The molecule has 2 aromatic carbocycles. The Morgan fingerprint density at radius 1 is 1.00 bits per heavy atom. The van der Waals surface area contributed by atoms with Crippen molar-refractivity contribution in [2.45, 2.75) is 19.6 Å². The van der Waals surface area contributed by atoms with Gasteiger partial charge in [-0.05, 0) is 50.3 Å². The SMILES string of the molecule is O=C(Cn1cc(Br)ccc1=O)NCc1ccccc1-c1ccc(Cn2cccn2)cc1. The van der Waals surface area contributed by atoms with E-state index in [0.29, 0.717) is 6.54 Å². The predicted molar refractivity (Wildman–Crippen MR) is 123 cm³/mol. The molecule has 156 valence electrons. The van der Waals surface area contributed by atoms with E-state index in [1.54, 1.807) is 18.5 Å². The van der Waals surface area contributed by atoms with Crippen LogP contribution in [0.3, 0.4) is 0 Å². The topological polar surface area (TPSA) is 68.9 Å². The second kappa shape index (κ2) is 9.57. The highest BCUT2D eigenvalue weighted by molar-refractivity contribution is 9.10. The fourth-order valence-electron chi connectivity index (χ4n) is 3.36. The summed E-state index contributed by atoms with van der Waals surface area (Å²) in [7, 11) is 0. The van der Waals surface area contributed by atoms with Crippen LogP contribution in [0.4, 0.5) is 0 Å². The summed E-state index contributed by atoms with van der Waals surface area (Å²) < 4.78 is 4.01. The van der Waals surface area contributed by atoms with Gasteiger partial charge in [0.25, 0.3) is 5.56 Å². The molecule has 31 heavy (non-hydrogen) atoms. The van der Waals surface area contributed by atoms with Crippen LogP contribution in [0.5, 0.6) is 0 Å². The van der Waals surface area contributed by atoms with Gasteiger partial charge in [0.05, 0.1) is 6.54 Å². The molecule has 0 aliphatic heterocycles. The maximum Gasteiger partial charge on any atom is 0.251 e. The van der Waals surface area contributed by atoms with Gasteiger partial charge in [0.15, 0.2) is 0 Å². The Bertz CT molecular complexity index is 1230. The first-order valence-corrected chi connectivity index (χ1v) is 10.6. The van der Waals surface area contributed by atoms with Crippen molar-refractivity contribution < 1.29 is 4.79 Å². The molecular weight excluding hydrogens is 456 g/mol. The molecule has 4 aromatic rings. The number of nitrogens with zero attached hydrogens (tertiary/aromatic N) is 3. The van der Waals surface area contributed by atoms with Gasteiger partial charge in [-0.15, -0.1) is 0 Å². The number of carbonyl (C=O) groups is 1. The normalized spacial score (nSPS) is 10.7. The number of carbonyl (C=O) groups excluding carboxylic acids is 1. The number of hydrogen-bond donors (Lipinski definition) is 1. The van der Waals surface area contributed by atoms with E-state index in [-0.39, 0.29) is 18.0 Å². The van der Waals surface area contributed by atoms with Gasteiger partial charge in [-0.1, -0.05) is 48.5 Å². The summed E-state index contributed by atoms with van der Waals surface area (Å²) in [6.07, 6.45) is 5.32. The number of amides is 1. The fourth-order valence-corrected chi connectivity index (χ4v) is 3.74. The number of benzene rings is 2. The summed E-state index contributed by atoms with van der Waals surface area (Å²) in [6.45, 7) is 1.08. The Kier molecular flexibility index (Phi) is 6.43. The molecule has 6 nitrogen and oxygen atoms in total. The Hall–Kier alpha value is -3.45. The van der Waals surface area contributed by atoms with Crippen LogP contribution in [0.1, 0.15) is 11.1 Å². The molecule has 4 rings (SSSR count). The van der Waals surface area contributed by atoms with E-state index in [0.717, 1.165) is 33.3 Å². The summed E-state index contributed by atoms with van der Waals surface area (Å²) >= 11 is 3.32. The molecule has 7 heteroatoms. The van der Waals surface area contributed by atoms with Crippen LogP contribution in [0.15, 0.2) is 94.6 Å². The van der Waals surface area contributed by atoms with Crippen LogP contribution in [0.25, 0.3) is 11.1 Å². The number of hydrogen-bond acceptors (Lipinski definition) is 3. The maximum atomic E-state index is 12.4. The van der Waals surface area contributed by atoms with Gasteiger partial charge in [0, 0.05) is 35.7 Å². The quantitative estimate of drug-likeness (QED) is 0.440. The highest BCUT2D eigenvalue weighted by atomic mass is 79.9. The molecular formula is C24H21BrN4O2. The van der Waals surface area contributed by atoms with Gasteiger partial charge in [-0.3, -0.25) is 14.3 Å². The zero-order valence-corrected chi connectivity index (χ0v) is 18.3. The van der Waals surface area contributed by atoms with E-state index >= 15 is 0 Å². The molecule has 0 saturated carbocycles. The van der Waals surface area contributed by atoms with Gasteiger partial charge in [0.2, 0.25) is 5.91 Å². The lowest BCUT2D eigenvalue weighted by molar-refractivity contribution is -0.121. The molecule has 1 amide bonds. The number of rotatable bonds is 7. The first-order chi connectivity index (χ1) is 15.1. The molecule has 0 unspecified atom stereocenters. The fraction of sp³-hybridized carbons (Fsp3) is 0.125. The minimum Gasteiger partial charge on any atom is -0.350 e. The zero-order chi connectivity index (χ0) is 21.6. The Morgan fingerprint density at radius 2 is 1.81 bits per heavy atom. The third-order valence-electron chi connectivity index (χ3n) is 4.92. The van der Waals surface area contributed by atoms with E-state index in [1.807, 2.05) is 41.2 Å². The second-order valence-corrected chi connectivity index (χ2v) is 8.06. The number of halogens is 1. The standard InChI is InChI=1S/C24H21BrN4O2/c25-21-10-11-24(31)28(16-21)17-23(30)26-14-20-4-1-2-5-22(20)19-8-6-18(7-9-19)15-29-13-3-12-27-29/h1-13,16H,14-15,17H2,(H,26,30). The molecule has 0 aliphatic rings. The van der Waals surface area contributed by atoms with Crippen molar-refractivity contribution in [3.05, 3.63) is 111 Å². The van der Waals surface area contributed by atoms with E-state index in [2.05, 4.69) is 50.6 Å². The monoisotopic (exact) mass is 476 g/mol. The van der Waals surface area contributed by atoms with E-state index in [9.17, 15) is 9.59 Å². The molecule has 0 atom stereocenters. The van der Waals surface area contributed by atoms with Crippen LogP contribution in [0, 0.1) is 0 Å². The van der Waals surface area contributed by atoms with Gasteiger partial charge in [-0.25, -0.2) is 0 Å². The number of pyridine rings is 1. The third kappa shape index (κ3) is 5.38. The van der Waals surface area contributed by atoms with Crippen LogP contribution in [-0.2, 0) is 24.4 Å². The van der Waals surface area contributed by atoms with Crippen LogP contribution in [0.2, 0.25) is 0 Å². The molecule has 2 heterocycles. The number of nitrogens with one attached hydrogen (secondary N) is 1. The van der Waals surface area contributed by atoms with Crippen molar-refractivity contribution in [1.29, 1.82) is 0 Å². The van der Waals surface area contributed by atoms with Gasteiger partial charge in [-0.2, -0.15) is 5.10 Å². The molecule has 1 N–H and O–H groups in total. The van der Waals surface area contributed by atoms with Gasteiger partial charge >= 0.3 is 0 Å². The molecule has 0 fully saturated rings. The van der Waals surface area contributed by atoms with Crippen molar-refractivity contribution in [3.8, 4) is 11.1 Å². The molecule has 0 saturated heterocycles. The largest absolute Gasteiger partial charge is 0.350 e. The van der Waals surface area contributed by atoms with E-state index in [4.69, 9.17) is 0 Å². The van der Waals surface area contributed by atoms with Gasteiger partial charge < -0.3 is 9.88 Å². The Balaban J connectivity index is 1.44. The lowest BCUT2D eigenvalue weighted by atomic mass is 9.98. The maximum absolute atomic E-state index is 12.4. The Morgan fingerprint density at radius 3 is 2.58 bits per heavy atom. The Labute approximate surface area is 188 Å². The second-order valence-electron chi connectivity index (χ2n) is 7.15. The molecule has 0 aliphatic carbocycles. The van der Waals surface area contributed by atoms with Crippen LogP contribution >= 0.6 is 15.9 Å². The van der Waals surface area contributed by atoms with Crippen molar-refractivity contribution in [2.75, 3.05) is 0 Å². The number of aromatic nitrogens is 3. The van der Waals surface area contributed by atoms with Crippen molar-refractivity contribution in [1.82, 2.24) is 19.7 Å². The zero-order valence-electron chi connectivity index (χ0n) is 16.7. The summed E-state index contributed by atoms with van der Waals surface area (Å²) in [4.78, 5) is 24.3. The van der Waals surface area contributed by atoms with E-state index in [1.165, 1.54) is 10.6 Å². The van der Waals surface area contributed by atoms with Crippen molar-refractivity contribution in [3.63, 3.8) is 0 Å². The van der Waals surface area contributed by atoms with Gasteiger partial charge in [0.1, 0.15) is 6.54 Å². The summed E-state index contributed by atoms with van der Waals surface area (Å²) in [5.74, 6) is -0.218. The lowest BCUT2D eigenvalue weighted by Crippen LogP contribution is -2.31. The van der Waals surface area contributed by atoms with Crippen molar-refractivity contribution in [2.24, 2.45) is 0 Å². The first kappa shape index (κ1) is 20.8. The highest BCUT2D eigenvalue weighted by Crippen LogP contribution is 2.24.